The van der Waals surface area contributed by atoms with Crippen molar-refractivity contribution in [3.8, 4) is 0 Å². The number of benzene rings is 1. The summed E-state index contributed by atoms with van der Waals surface area (Å²) in [6.07, 6.45) is 0. The molecule has 0 saturated heterocycles. The first kappa shape index (κ1) is 6.89. The van der Waals surface area contributed by atoms with Crippen LogP contribution >= 0.6 is 22.6 Å². The van der Waals surface area contributed by atoms with E-state index < -0.39 is 0 Å². The van der Waals surface area contributed by atoms with Gasteiger partial charge in [0, 0.05) is 0 Å². The van der Waals surface area contributed by atoms with Gasteiger partial charge in [-0.1, -0.05) is 0 Å². The average molecular weight is 307 g/mol. The number of halogens is 1. The summed E-state index contributed by atoms with van der Waals surface area (Å²) >= 11 is 3.02. The zero-order valence-corrected chi connectivity index (χ0v) is 9.04. The molecule has 0 saturated carbocycles. The van der Waals surface area contributed by atoms with Crippen LogP contribution in [-0.2, 0) is 0 Å². The van der Waals surface area contributed by atoms with E-state index in [1.807, 2.05) is 0 Å². The van der Waals surface area contributed by atoms with Gasteiger partial charge in [0.15, 0.2) is 0 Å². The van der Waals surface area contributed by atoms with Gasteiger partial charge < -0.3 is 0 Å². The number of hydrogen-bond acceptors (Lipinski definition) is 0. The molecular weight excluding hydrogens is 302 g/mol. The molecule has 0 nitrogen and oxygen atoms in total. The fourth-order valence-corrected chi connectivity index (χ4v) is 4.17. The molecular formula is C8H5ISe. The summed E-state index contributed by atoms with van der Waals surface area (Å²) < 4.78 is 3.03. The monoisotopic (exact) mass is 308 g/mol. The molecule has 2 rings (SSSR count). The summed E-state index contributed by atoms with van der Waals surface area (Å²) in [6.45, 7) is 0. The predicted octanol–water partition coefficient (Wildman–Crippen LogP) is 2.50. The Balaban J connectivity index is 2.88. The van der Waals surface area contributed by atoms with Crippen LogP contribution in [0, 0.1) is 2.44 Å². The van der Waals surface area contributed by atoms with E-state index in [-0.39, 0.29) is 0 Å². The Morgan fingerprint density at radius 3 is 2.80 bits per heavy atom. The Morgan fingerprint density at radius 2 is 2.00 bits per heavy atom. The van der Waals surface area contributed by atoms with Gasteiger partial charge in [0.2, 0.25) is 0 Å². The summed E-state index contributed by atoms with van der Waals surface area (Å²) in [5.74, 6) is 0. The predicted molar refractivity (Wildman–Crippen MR) is 53.6 cm³/mol. The first-order chi connectivity index (χ1) is 4.86. The SMILES string of the molecule is Ic1cc2ccccc2[se]1. The number of rotatable bonds is 0. The molecule has 2 aromatic rings. The van der Waals surface area contributed by atoms with Crippen LogP contribution in [0.15, 0.2) is 30.3 Å². The van der Waals surface area contributed by atoms with Crippen LogP contribution in [0.3, 0.4) is 0 Å². The molecule has 0 aliphatic carbocycles. The quantitative estimate of drug-likeness (QED) is 0.518. The van der Waals surface area contributed by atoms with Gasteiger partial charge in [-0.05, 0) is 0 Å². The molecule has 0 N–H and O–H groups in total. The van der Waals surface area contributed by atoms with E-state index in [9.17, 15) is 0 Å². The standard InChI is InChI=1S/C8H5ISe/c9-8-5-6-3-1-2-4-7(6)10-8/h1-5H. The molecule has 1 aromatic carbocycles. The maximum atomic E-state index is 2.42. The Labute approximate surface area is 79.1 Å². The van der Waals surface area contributed by atoms with Gasteiger partial charge in [0.05, 0.1) is 0 Å². The summed E-state index contributed by atoms with van der Waals surface area (Å²) in [4.78, 5) is 0. The molecule has 2 heteroatoms. The van der Waals surface area contributed by atoms with Crippen LogP contribution in [0.25, 0.3) is 9.65 Å². The number of hydrogen-bond donors (Lipinski definition) is 0. The molecule has 1 aromatic heterocycles. The third-order valence-electron chi connectivity index (χ3n) is 1.40. The number of fused-ring (bicyclic) bond motifs is 1. The zero-order chi connectivity index (χ0) is 6.97. The van der Waals surface area contributed by atoms with Gasteiger partial charge in [-0.15, -0.1) is 0 Å². The van der Waals surface area contributed by atoms with Crippen molar-refractivity contribution in [2.75, 3.05) is 0 Å². The Bertz CT molecular complexity index is 318. The molecule has 1 heterocycles. The van der Waals surface area contributed by atoms with E-state index in [0.717, 1.165) is 0 Å². The first-order valence-corrected chi connectivity index (χ1v) is 5.79. The van der Waals surface area contributed by atoms with Crippen molar-refractivity contribution in [3.05, 3.63) is 32.8 Å². The van der Waals surface area contributed by atoms with E-state index in [4.69, 9.17) is 0 Å². The van der Waals surface area contributed by atoms with Gasteiger partial charge in [0.25, 0.3) is 0 Å². The van der Waals surface area contributed by atoms with E-state index in [1.54, 1.807) is 0 Å². The summed E-state index contributed by atoms with van der Waals surface area (Å²) in [6, 6.07) is 10.9. The third kappa shape index (κ3) is 1.16. The van der Waals surface area contributed by atoms with Crippen LogP contribution in [0.1, 0.15) is 0 Å². The summed E-state index contributed by atoms with van der Waals surface area (Å²) in [7, 11) is 0. The second-order valence-corrected chi connectivity index (χ2v) is 7.17. The van der Waals surface area contributed by atoms with Crippen LogP contribution in [0.5, 0.6) is 0 Å². The molecule has 10 heavy (non-hydrogen) atoms. The van der Waals surface area contributed by atoms with Gasteiger partial charge in [0.1, 0.15) is 0 Å². The minimum atomic E-state index is 0.608. The zero-order valence-electron chi connectivity index (χ0n) is 5.17. The topological polar surface area (TPSA) is 0 Å². The van der Waals surface area contributed by atoms with Gasteiger partial charge >= 0.3 is 79.5 Å². The van der Waals surface area contributed by atoms with Crippen LogP contribution in [0.4, 0.5) is 0 Å². The molecule has 0 aliphatic rings. The molecule has 0 fully saturated rings. The second-order valence-electron chi connectivity index (χ2n) is 2.09. The van der Waals surface area contributed by atoms with E-state index >= 15 is 0 Å². The molecule has 50 valence electrons. The van der Waals surface area contributed by atoms with Crippen molar-refractivity contribution in [1.29, 1.82) is 0 Å². The molecule has 0 aliphatic heterocycles. The van der Waals surface area contributed by atoms with Crippen molar-refractivity contribution in [3.63, 3.8) is 0 Å². The minimum absolute atomic E-state index is 0.608. The molecule has 0 bridgehead atoms. The average Bonchev–Trinajstić information content (AvgIpc) is 2.27. The van der Waals surface area contributed by atoms with Crippen molar-refractivity contribution in [2.24, 2.45) is 0 Å². The van der Waals surface area contributed by atoms with Gasteiger partial charge in [-0.2, -0.15) is 0 Å². The van der Waals surface area contributed by atoms with Crippen LogP contribution < -0.4 is 0 Å². The van der Waals surface area contributed by atoms with Crippen LogP contribution in [-0.4, -0.2) is 14.5 Å². The third-order valence-corrected chi connectivity index (χ3v) is 4.75. The van der Waals surface area contributed by atoms with Crippen molar-refractivity contribution in [1.82, 2.24) is 0 Å². The Morgan fingerprint density at radius 1 is 1.20 bits per heavy atom. The second kappa shape index (κ2) is 2.68. The summed E-state index contributed by atoms with van der Waals surface area (Å²) in [5, 5.41) is 1.42. The van der Waals surface area contributed by atoms with Crippen molar-refractivity contribution in [2.45, 2.75) is 0 Å². The van der Waals surface area contributed by atoms with Crippen molar-refractivity contribution >= 4 is 46.7 Å². The van der Waals surface area contributed by atoms with Crippen LogP contribution in [0.2, 0.25) is 0 Å². The fourth-order valence-electron chi connectivity index (χ4n) is 0.949. The van der Waals surface area contributed by atoms with Crippen molar-refractivity contribution < 1.29 is 0 Å². The fraction of sp³-hybridized carbons (Fsp3) is 0. The van der Waals surface area contributed by atoms with E-state index in [2.05, 4.69) is 52.9 Å². The Hall–Kier alpha value is 0.209. The van der Waals surface area contributed by atoms with Gasteiger partial charge in [-0.3, -0.25) is 0 Å². The first-order valence-electron chi connectivity index (χ1n) is 3.00. The maximum absolute atomic E-state index is 2.42. The molecule has 0 spiro atoms. The normalized spacial score (nSPS) is 10.5. The van der Waals surface area contributed by atoms with E-state index in [1.165, 1.54) is 12.1 Å². The molecule has 0 amide bonds. The molecule has 0 atom stereocenters. The Kier molecular flexibility index (Phi) is 1.85. The summed E-state index contributed by atoms with van der Waals surface area (Å²) in [5.41, 5.74) is 0. The van der Waals surface area contributed by atoms with Gasteiger partial charge in [-0.25, -0.2) is 0 Å². The molecule has 0 unspecified atom stereocenters. The molecule has 0 radical (unpaired) electrons. The van der Waals surface area contributed by atoms with E-state index in [0.29, 0.717) is 14.5 Å².